The normalized spacial score (nSPS) is 13.5. The van der Waals surface area contributed by atoms with Crippen molar-refractivity contribution in [1.29, 1.82) is 0 Å². The van der Waals surface area contributed by atoms with Gasteiger partial charge in [0.2, 0.25) is 0 Å². The Morgan fingerprint density at radius 3 is 3.05 bits per heavy atom. The van der Waals surface area contributed by atoms with Crippen molar-refractivity contribution >= 4 is 41.5 Å². The van der Waals surface area contributed by atoms with Gasteiger partial charge < -0.3 is 15.8 Å². The molecule has 0 aromatic heterocycles. The molecule has 19 heavy (non-hydrogen) atoms. The third-order valence-corrected chi connectivity index (χ3v) is 3.02. The summed E-state index contributed by atoms with van der Waals surface area (Å²) in [6, 6.07) is 3.85. The van der Waals surface area contributed by atoms with Gasteiger partial charge in [0, 0.05) is 23.6 Å². The Bertz CT molecular complexity index is 465. The van der Waals surface area contributed by atoms with E-state index in [-0.39, 0.29) is 24.0 Å². The van der Waals surface area contributed by atoms with Gasteiger partial charge in [0.1, 0.15) is 5.75 Å². The molecule has 4 nitrogen and oxygen atoms in total. The molecular weight excluding hydrogens is 377 g/mol. The van der Waals surface area contributed by atoms with Gasteiger partial charge in [-0.05, 0) is 24.1 Å². The number of halogens is 2. The Morgan fingerprint density at radius 1 is 1.53 bits per heavy atom. The minimum absolute atomic E-state index is 0. The lowest BCUT2D eigenvalue weighted by Crippen LogP contribution is -2.32. The second kappa shape index (κ2) is 7.79. The highest BCUT2D eigenvalue weighted by Gasteiger charge is 2.17. The molecule has 2 rings (SSSR count). The summed E-state index contributed by atoms with van der Waals surface area (Å²) in [6.07, 6.45) is 1.93. The van der Waals surface area contributed by atoms with E-state index in [1.165, 1.54) is 0 Å². The molecule has 106 valence electrons. The van der Waals surface area contributed by atoms with Gasteiger partial charge in [-0.3, -0.25) is 0 Å². The molecule has 1 heterocycles. The van der Waals surface area contributed by atoms with Crippen molar-refractivity contribution in [3.8, 4) is 5.75 Å². The Kier molecular flexibility index (Phi) is 6.71. The summed E-state index contributed by atoms with van der Waals surface area (Å²) in [5, 5.41) is 3.77. The predicted octanol–water partition coefficient (Wildman–Crippen LogP) is 2.71. The molecule has 1 aromatic rings. The molecular formula is C13H19ClIN3O. The summed E-state index contributed by atoms with van der Waals surface area (Å²) in [5.74, 6) is 1.38. The van der Waals surface area contributed by atoms with Crippen LogP contribution >= 0.6 is 35.6 Å². The third-order valence-electron chi connectivity index (χ3n) is 2.80. The van der Waals surface area contributed by atoms with Crippen LogP contribution in [0.4, 0.5) is 0 Å². The van der Waals surface area contributed by atoms with Crippen molar-refractivity contribution in [1.82, 2.24) is 5.32 Å². The van der Waals surface area contributed by atoms with Crippen molar-refractivity contribution in [3.05, 3.63) is 28.3 Å². The van der Waals surface area contributed by atoms with Gasteiger partial charge >= 0.3 is 0 Å². The molecule has 0 atom stereocenters. The summed E-state index contributed by atoms with van der Waals surface area (Å²) < 4.78 is 5.61. The maximum atomic E-state index is 6.08. The molecule has 1 aliphatic heterocycles. The van der Waals surface area contributed by atoms with Crippen molar-refractivity contribution < 1.29 is 4.74 Å². The van der Waals surface area contributed by atoms with E-state index in [0.717, 1.165) is 47.9 Å². The van der Waals surface area contributed by atoms with Crippen LogP contribution in [0.3, 0.4) is 0 Å². The first-order valence-corrected chi connectivity index (χ1v) is 6.56. The van der Waals surface area contributed by atoms with Crippen LogP contribution in [-0.2, 0) is 13.0 Å². The van der Waals surface area contributed by atoms with E-state index >= 15 is 0 Å². The maximum absolute atomic E-state index is 6.08. The second-order valence-corrected chi connectivity index (χ2v) is 4.72. The zero-order chi connectivity index (χ0) is 13.0. The molecule has 1 aromatic carbocycles. The summed E-state index contributed by atoms with van der Waals surface area (Å²) >= 11 is 6.08. The highest BCUT2D eigenvalue weighted by atomic mass is 127. The number of aliphatic imine (C=N–C) groups is 1. The first kappa shape index (κ1) is 16.4. The van der Waals surface area contributed by atoms with Crippen LogP contribution in [0.25, 0.3) is 0 Å². The number of nitrogens with two attached hydrogens (primary N) is 1. The van der Waals surface area contributed by atoms with Gasteiger partial charge in [-0.25, -0.2) is 4.99 Å². The minimum atomic E-state index is 0. The summed E-state index contributed by atoms with van der Waals surface area (Å²) in [6.45, 7) is 4.12. The fraction of sp³-hybridized carbons (Fsp3) is 0.462. The fourth-order valence-corrected chi connectivity index (χ4v) is 2.21. The molecule has 0 saturated heterocycles. The first-order chi connectivity index (χ1) is 8.70. The zero-order valence-corrected chi connectivity index (χ0v) is 14.0. The average molecular weight is 396 g/mol. The Hall–Kier alpha value is -0.690. The van der Waals surface area contributed by atoms with E-state index < -0.39 is 0 Å². The van der Waals surface area contributed by atoms with Crippen LogP contribution in [0.2, 0.25) is 5.02 Å². The Labute approximate surface area is 135 Å². The molecule has 0 spiro atoms. The number of hydrogen-bond acceptors (Lipinski definition) is 2. The molecule has 0 bridgehead atoms. The van der Waals surface area contributed by atoms with E-state index in [0.29, 0.717) is 12.5 Å². The highest BCUT2D eigenvalue weighted by Crippen LogP contribution is 2.33. The zero-order valence-electron chi connectivity index (χ0n) is 10.9. The lowest BCUT2D eigenvalue weighted by molar-refractivity contribution is 0.353. The largest absolute Gasteiger partial charge is 0.493 e. The molecule has 6 heteroatoms. The SMILES string of the molecule is CCCNC(N)=NCc1cc(Cl)cc2c1OCC2.I. The second-order valence-electron chi connectivity index (χ2n) is 4.28. The van der Waals surface area contributed by atoms with Crippen LogP contribution in [0.5, 0.6) is 5.75 Å². The molecule has 0 aliphatic carbocycles. The van der Waals surface area contributed by atoms with Crippen molar-refractivity contribution in [2.45, 2.75) is 26.3 Å². The highest BCUT2D eigenvalue weighted by molar-refractivity contribution is 14.0. The molecule has 0 saturated carbocycles. The van der Waals surface area contributed by atoms with Crippen LogP contribution in [-0.4, -0.2) is 19.1 Å². The number of nitrogens with one attached hydrogen (secondary N) is 1. The number of hydrogen-bond donors (Lipinski definition) is 2. The average Bonchev–Trinajstić information content (AvgIpc) is 2.81. The van der Waals surface area contributed by atoms with Gasteiger partial charge in [0.15, 0.2) is 5.96 Å². The molecule has 0 radical (unpaired) electrons. The molecule has 1 aliphatic rings. The van der Waals surface area contributed by atoms with Gasteiger partial charge in [0.05, 0.1) is 13.2 Å². The van der Waals surface area contributed by atoms with E-state index in [1.807, 2.05) is 12.1 Å². The number of ether oxygens (including phenoxy) is 1. The van der Waals surface area contributed by atoms with Gasteiger partial charge in [0.25, 0.3) is 0 Å². The number of nitrogens with zero attached hydrogens (tertiary/aromatic N) is 1. The Balaban J connectivity index is 0.00000180. The van der Waals surface area contributed by atoms with Gasteiger partial charge in [-0.2, -0.15) is 0 Å². The van der Waals surface area contributed by atoms with Crippen molar-refractivity contribution in [3.63, 3.8) is 0 Å². The lowest BCUT2D eigenvalue weighted by atomic mass is 10.1. The van der Waals surface area contributed by atoms with E-state index in [2.05, 4.69) is 17.2 Å². The summed E-state index contributed by atoms with van der Waals surface area (Å²) in [7, 11) is 0. The molecule has 0 amide bonds. The lowest BCUT2D eigenvalue weighted by Gasteiger charge is -2.08. The predicted molar refractivity (Wildman–Crippen MR) is 89.7 cm³/mol. The summed E-state index contributed by atoms with van der Waals surface area (Å²) in [5.41, 5.74) is 7.91. The molecule has 0 unspecified atom stereocenters. The van der Waals surface area contributed by atoms with Crippen LogP contribution in [0.1, 0.15) is 24.5 Å². The van der Waals surface area contributed by atoms with E-state index in [9.17, 15) is 0 Å². The van der Waals surface area contributed by atoms with Gasteiger partial charge in [-0.1, -0.05) is 18.5 Å². The maximum Gasteiger partial charge on any atom is 0.188 e. The Morgan fingerprint density at radius 2 is 2.32 bits per heavy atom. The van der Waals surface area contributed by atoms with Crippen LogP contribution < -0.4 is 15.8 Å². The standard InChI is InChI=1S/C13H18ClN3O.HI/c1-2-4-16-13(15)17-8-10-7-11(14)6-9-3-5-18-12(9)10;/h6-7H,2-5,8H2,1H3,(H3,15,16,17);1H. The smallest absolute Gasteiger partial charge is 0.188 e. The molecule has 3 N–H and O–H groups in total. The van der Waals surface area contributed by atoms with E-state index in [1.54, 1.807) is 0 Å². The first-order valence-electron chi connectivity index (χ1n) is 6.18. The van der Waals surface area contributed by atoms with Crippen LogP contribution in [0.15, 0.2) is 17.1 Å². The topological polar surface area (TPSA) is 59.6 Å². The number of rotatable bonds is 4. The third kappa shape index (κ3) is 4.42. The van der Waals surface area contributed by atoms with Crippen LogP contribution in [0, 0.1) is 0 Å². The monoisotopic (exact) mass is 395 g/mol. The molecule has 0 fully saturated rings. The minimum Gasteiger partial charge on any atom is -0.493 e. The quantitative estimate of drug-likeness (QED) is 0.468. The number of benzene rings is 1. The van der Waals surface area contributed by atoms with Gasteiger partial charge in [-0.15, -0.1) is 24.0 Å². The van der Waals surface area contributed by atoms with Crippen molar-refractivity contribution in [2.75, 3.05) is 13.2 Å². The fourth-order valence-electron chi connectivity index (χ4n) is 1.94. The number of guanidine groups is 1. The number of fused-ring (bicyclic) bond motifs is 1. The summed E-state index contributed by atoms with van der Waals surface area (Å²) in [4.78, 5) is 4.30. The van der Waals surface area contributed by atoms with E-state index in [4.69, 9.17) is 22.1 Å². The van der Waals surface area contributed by atoms with Crippen molar-refractivity contribution in [2.24, 2.45) is 10.7 Å².